The van der Waals surface area contributed by atoms with Gasteiger partial charge in [0.2, 0.25) is 0 Å². The van der Waals surface area contributed by atoms with Crippen molar-refractivity contribution in [1.29, 1.82) is 5.26 Å². The number of nitriles is 1. The molecule has 7 heteroatoms. The lowest BCUT2D eigenvalue weighted by Gasteiger charge is -2.38. The fourth-order valence-electron chi connectivity index (χ4n) is 3.22. The molecule has 23 heavy (non-hydrogen) atoms. The van der Waals surface area contributed by atoms with Gasteiger partial charge in [-0.1, -0.05) is 0 Å². The molecule has 1 aromatic heterocycles. The molecular formula is C16H17N5O2. The summed E-state index contributed by atoms with van der Waals surface area (Å²) in [7, 11) is 1.91. The number of rotatable bonds is 3. The summed E-state index contributed by atoms with van der Waals surface area (Å²) in [6.07, 6.45) is 4.89. The first-order chi connectivity index (χ1) is 11.1. The quantitative estimate of drug-likeness (QED) is 0.642. The second-order valence-electron chi connectivity index (χ2n) is 5.66. The summed E-state index contributed by atoms with van der Waals surface area (Å²) >= 11 is 0. The number of piperidine rings is 1. The number of hydrogen-bond acceptors (Lipinski definition) is 5. The molecule has 118 valence electrons. The van der Waals surface area contributed by atoms with Gasteiger partial charge >= 0.3 is 0 Å². The van der Waals surface area contributed by atoms with E-state index in [1.165, 1.54) is 12.1 Å². The van der Waals surface area contributed by atoms with Crippen LogP contribution in [0.15, 0.2) is 30.5 Å². The van der Waals surface area contributed by atoms with Crippen molar-refractivity contribution in [3.05, 3.63) is 51.8 Å². The molecule has 0 bridgehead atoms. The standard InChI is InChI=1S/C16H17N5O2/c1-19-15(7-8-18-19)16-4-2-3-9-20(16)14-6-5-13(21(22)23)10-12(14)11-17/h5-8,10,16H,2-4,9H2,1H3/t16-/m1/s1. The lowest BCUT2D eigenvalue weighted by molar-refractivity contribution is -0.384. The van der Waals surface area contributed by atoms with E-state index >= 15 is 0 Å². The van der Waals surface area contributed by atoms with E-state index in [2.05, 4.69) is 16.1 Å². The Morgan fingerprint density at radius 2 is 2.22 bits per heavy atom. The largest absolute Gasteiger partial charge is 0.362 e. The van der Waals surface area contributed by atoms with E-state index < -0.39 is 4.92 Å². The van der Waals surface area contributed by atoms with E-state index in [0.29, 0.717) is 5.56 Å². The predicted molar refractivity (Wildman–Crippen MR) is 85.0 cm³/mol. The third kappa shape index (κ3) is 2.75. The Bertz CT molecular complexity index is 777. The van der Waals surface area contributed by atoms with E-state index in [9.17, 15) is 15.4 Å². The van der Waals surface area contributed by atoms with Crippen LogP contribution in [0.1, 0.15) is 36.6 Å². The fraction of sp³-hybridized carbons (Fsp3) is 0.375. The Hall–Kier alpha value is -2.88. The molecule has 0 radical (unpaired) electrons. The molecule has 1 aliphatic rings. The van der Waals surface area contributed by atoms with Crippen molar-refractivity contribution in [1.82, 2.24) is 9.78 Å². The average Bonchev–Trinajstić information content (AvgIpc) is 3.00. The highest BCUT2D eigenvalue weighted by Gasteiger charge is 2.28. The maximum atomic E-state index is 10.9. The van der Waals surface area contributed by atoms with Crippen LogP contribution in [-0.4, -0.2) is 21.2 Å². The summed E-state index contributed by atoms with van der Waals surface area (Å²) in [4.78, 5) is 12.6. The topological polar surface area (TPSA) is 88.0 Å². The van der Waals surface area contributed by atoms with Gasteiger partial charge in [0.05, 0.1) is 27.9 Å². The number of nitrogens with zero attached hydrogens (tertiary/aromatic N) is 5. The van der Waals surface area contributed by atoms with Gasteiger partial charge in [0.1, 0.15) is 6.07 Å². The van der Waals surface area contributed by atoms with Gasteiger partial charge < -0.3 is 4.90 Å². The summed E-state index contributed by atoms with van der Waals surface area (Å²) in [5, 5.41) is 24.6. The van der Waals surface area contributed by atoms with Gasteiger partial charge in [0, 0.05) is 31.9 Å². The van der Waals surface area contributed by atoms with Crippen molar-refractivity contribution >= 4 is 11.4 Å². The molecule has 3 rings (SSSR count). The Kier molecular flexibility index (Phi) is 3.98. The van der Waals surface area contributed by atoms with Crippen LogP contribution in [0.4, 0.5) is 11.4 Å². The molecule has 0 N–H and O–H groups in total. The maximum Gasteiger partial charge on any atom is 0.270 e. The molecule has 0 aliphatic carbocycles. The average molecular weight is 311 g/mol. The van der Waals surface area contributed by atoms with Crippen LogP contribution in [0.5, 0.6) is 0 Å². The zero-order chi connectivity index (χ0) is 16.4. The zero-order valence-electron chi connectivity index (χ0n) is 12.8. The summed E-state index contributed by atoms with van der Waals surface area (Å²) in [6.45, 7) is 0.822. The Labute approximate surface area is 133 Å². The third-order valence-corrected chi connectivity index (χ3v) is 4.32. The monoisotopic (exact) mass is 311 g/mol. The first kappa shape index (κ1) is 15.0. The van der Waals surface area contributed by atoms with Crippen LogP contribution >= 0.6 is 0 Å². The SMILES string of the molecule is Cn1nccc1[C@H]1CCCCN1c1ccc([N+](=O)[O-])cc1C#N. The summed E-state index contributed by atoms with van der Waals surface area (Å²) in [5.41, 5.74) is 2.13. The summed E-state index contributed by atoms with van der Waals surface area (Å²) in [5.74, 6) is 0. The highest BCUT2D eigenvalue weighted by Crippen LogP contribution is 2.37. The van der Waals surface area contributed by atoms with Crippen molar-refractivity contribution in [3.63, 3.8) is 0 Å². The van der Waals surface area contributed by atoms with Gasteiger partial charge in [-0.25, -0.2) is 0 Å². The molecule has 2 aromatic rings. The van der Waals surface area contributed by atoms with E-state index in [-0.39, 0.29) is 11.7 Å². The van der Waals surface area contributed by atoms with E-state index in [1.807, 2.05) is 17.8 Å². The van der Waals surface area contributed by atoms with E-state index in [1.54, 1.807) is 12.3 Å². The zero-order valence-corrected chi connectivity index (χ0v) is 12.8. The number of nitro benzene ring substituents is 1. The van der Waals surface area contributed by atoms with Crippen LogP contribution in [0, 0.1) is 21.4 Å². The number of hydrogen-bond donors (Lipinski definition) is 0. The van der Waals surface area contributed by atoms with Crippen molar-refractivity contribution in [2.24, 2.45) is 7.05 Å². The van der Waals surface area contributed by atoms with Crippen molar-refractivity contribution in [2.45, 2.75) is 25.3 Å². The van der Waals surface area contributed by atoms with E-state index in [0.717, 1.165) is 37.2 Å². The molecule has 1 aliphatic heterocycles. The molecule has 1 aromatic carbocycles. The van der Waals surface area contributed by atoms with Gasteiger partial charge in [-0.3, -0.25) is 14.8 Å². The van der Waals surface area contributed by atoms with Crippen molar-refractivity contribution < 1.29 is 4.92 Å². The third-order valence-electron chi connectivity index (χ3n) is 4.32. The van der Waals surface area contributed by atoms with Crippen molar-refractivity contribution in [3.8, 4) is 6.07 Å². The second kappa shape index (κ2) is 6.08. The molecule has 7 nitrogen and oxygen atoms in total. The molecule has 0 amide bonds. The number of aryl methyl sites for hydroxylation is 1. The first-order valence-corrected chi connectivity index (χ1v) is 7.55. The minimum Gasteiger partial charge on any atom is -0.362 e. The number of nitro groups is 1. The minimum absolute atomic E-state index is 0.0561. The predicted octanol–water partition coefficient (Wildman–Crippen LogP) is 2.93. The van der Waals surface area contributed by atoms with Crippen molar-refractivity contribution in [2.75, 3.05) is 11.4 Å². The van der Waals surface area contributed by atoms with Crippen LogP contribution in [0.2, 0.25) is 0 Å². The lowest BCUT2D eigenvalue weighted by Crippen LogP contribution is -2.35. The smallest absolute Gasteiger partial charge is 0.270 e. The highest BCUT2D eigenvalue weighted by atomic mass is 16.6. The van der Waals surface area contributed by atoms with Gasteiger partial charge in [0.25, 0.3) is 5.69 Å². The molecule has 0 saturated carbocycles. The minimum atomic E-state index is -0.473. The normalized spacial score (nSPS) is 17.7. The molecule has 1 atom stereocenters. The summed E-state index contributed by atoms with van der Waals surface area (Å²) in [6, 6.07) is 8.72. The van der Waals surface area contributed by atoms with Gasteiger partial charge in [-0.05, 0) is 31.4 Å². The fourth-order valence-corrected chi connectivity index (χ4v) is 3.22. The van der Waals surface area contributed by atoms with Gasteiger partial charge in [0.15, 0.2) is 0 Å². The highest BCUT2D eigenvalue weighted by molar-refractivity contribution is 5.64. The van der Waals surface area contributed by atoms with Crippen LogP contribution in [-0.2, 0) is 7.05 Å². The Balaban J connectivity index is 2.03. The van der Waals surface area contributed by atoms with Crippen LogP contribution in [0.3, 0.4) is 0 Å². The first-order valence-electron chi connectivity index (χ1n) is 7.55. The van der Waals surface area contributed by atoms with Gasteiger partial charge in [-0.2, -0.15) is 10.4 Å². The number of anilines is 1. The molecule has 0 spiro atoms. The summed E-state index contributed by atoms with van der Waals surface area (Å²) < 4.78 is 1.85. The second-order valence-corrected chi connectivity index (χ2v) is 5.66. The Morgan fingerprint density at radius 3 is 2.87 bits per heavy atom. The molecule has 2 heterocycles. The maximum absolute atomic E-state index is 10.9. The van der Waals surface area contributed by atoms with E-state index in [4.69, 9.17) is 0 Å². The van der Waals surface area contributed by atoms with Crippen LogP contribution < -0.4 is 4.90 Å². The molecule has 0 unspecified atom stereocenters. The lowest BCUT2D eigenvalue weighted by atomic mass is 9.97. The molecule has 1 saturated heterocycles. The number of non-ortho nitro benzene ring substituents is 1. The molecule has 1 fully saturated rings. The Morgan fingerprint density at radius 1 is 1.39 bits per heavy atom. The van der Waals surface area contributed by atoms with Gasteiger partial charge in [-0.15, -0.1) is 0 Å². The number of aromatic nitrogens is 2. The molecular weight excluding hydrogens is 294 g/mol. The number of benzene rings is 1. The van der Waals surface area contributed by atoms with Crippen LogP contribution in [0.25, 0.3) is 0 Å².